The van der Waals surface area contributed by atoms with E-state index < -0.39 is 0 Å². The molecule has 0 bridgehead atoms. The summed E-state index contributed by atoms with van der Waals surface area (Å²) < 4.78 is 1.87. The highest BCUT2D eigenvalue weighted by Crippen LogP contribution is 2.17. The fourth-order valence-electron chi connectivity index (χ4n) is 2.11. The van der Waals surface area contributed by atoms with Gasteiger partial charge in [-0.05, 0) is 32.4 Å². The molecule has 0 aliphatic heterocycles. The Morgan fingerprint density at radius 1 is 1.33 bits per heavy atom. The Kier molecular flexibility index (Phi) is 3.72. The third-order valence-corrected chi connectivity index (χ3v) is 3.06. The molecule has 0 spiro atoms. The van der Waals surface area contributed by atoms with E-state index in [0.29, 0.717) is 6.42 Å². The second kappa shape index (κ2) is 5.27. The van der Waals surface area contributed by atoms with Gasteiger partial charge in [0.25, 0.3) is 0 Å². The molecule has 2 aromatic rings. The molecule has 5 nitrogen and oxygen atoms in total. The van der Waals surface area contributed by atoms with E-state index in [-0.39, 0.29) is 6.04 Å². The Balaban J connectivity index is 2.19. The molecule has 0 aliphatic carbocycles. The molecule has 0 saturated heterocycles. The van der Waals surface area contributed by atoms with E-state index in [1.54, 1.807) is 6.33 Å². The maximum Gasteiger partial charge on any atom is 0.138 e. The van der Waals surface area contributed by atoms with Crippen LogP contribution in [0.2, 0.25) is 0 Å². The van der Waals surface area contributed by atoms with Crippen molar-refractivity contribution in [2.45, 2.75) is 39.8 Å². The van der Waals surface area contributed by atoms with Gasteiger partial charge in [0.05, 0.1) is 0 Å². The Morgan fingerprint density at radius 2 is 2.11 bits per heavy atom. The average molecular weight is 245 g/mol. The SMILES string of the molecule is CCn1ncnc1CC(N)c1ccc(C)nc1C. The summed E-state index contributed by atoms with van der Waals surface area (Å²) >= 11 is 0. The fraction of sp³-hybridized carbons (Fsp3) is 0.462. The number of aromatic nitrogens is 4. The van der Waals surface area contributed by atoms with Crippen molar-refractivity contribution in [1.82, 2.24) is 19.7 Å². The molecule has 0 fully saturated rings. The molecule has 2 N–H and O–H groups in total. The highest BCUT2D eigenvalue weighted by atomic mass is 15.3. The van der Waals surface area contributed by atoms with Crippen LogP contribution in [0.3, 0.4) is 0 Å². The predicted molar refractivity (Wildman–Crippen MR) is 70.0 cm³/mol. The van der Waals surface area contributed by atoms with Crippen molar-refractivity contribution in [2.75, 3.05) is 0 Å². The van der Waals surface area contributed by atoms with Gasteiger partial charge in [-0.15, -0.1) is 0 Å². The zero-order valence-corrected chi connectivity index (χ0v) is 11.1. The number of pyridine rings is 1. The van der Waals surface area contributed by atoms with Crippen LogP contribution in [0.25, 0.3) is 0 Å². The molecule has 0 radical (unpaired) electrons. The maximum absolute atomic E-state index is 6.24. The minimum atomic E-state index is -0.0902. The van der Waals surface area contributed by atoms with Crippen molar-refractivity contribution in [3.63, 3.8) is 0 Å². The number of hydrogen-bond acceptors (Lipinski definition) is 4. The summed E-state index contributed by atoms with van der Waals surface area (Å²) in [6, 6.07) is 3.95. The van der Waals surface area contributed by atoms with Gasteiger partial charge >= 0.3 is 0 Å². The van der Waals surface area contributed by atoms with Crippen molar-refractivity contribution in [2.24, 2.45) is 5.73 Å². The summed E-state index contributed by atoms with van der Waals surface area (Å²) in [5, 5.41) is 4.15. The smallest absolute Gasteiger partial charge is 0.138 e. The van der Waals surface area contributed by atoms with E-state index >= 15 is 0 Å². The number of hydrogen-bond donors (Lipinski definition) is 1. The number of rotatable bonds is 4. The second-order valence-electron chi connectivity index (χ2n) is 4.43. The molecule has 0 saturated carbocycles. The number of nitrogens with zero attached hydrogens (tertiary/aromatic N) is 4. The van der Waals surface area contributed by atoms with E-state index in [1.165, 1.54) is 0 Å². The summed E-state index contributed by atoms with van der Waals surface area (Å²) in [6.07, 6.45) is 2.26. The molecule has 1 unspecified atom stereocenters. The Hall–Kier alpha value is -1.75. The number of aryl methyl sites for hydroxylation is 3. The standard InChI is InChI=1S/C13H19N5/c1-4-18-13(15-8-16-18)7-12(14)11-6-5-9(2)17-10(11)3/h5-6,8,12H,4,7,14H2,1-3H3. The molecular formula is C13H19N5. The minimum Gasteiger partial charge on any atom is -0.324 e. The summed E-state index contributed by atoms with van der Waals surface area (Å²) in [4.78, 5) is 8.69. The first-order valence-electron chi connectivity index (χ1n) is 6.18. The van der Waals surface area contributed by atoms with Gasteiger partial charge in [-0.2, -0.15) is 5.10 Å². The van der Waals surface area contributed by atoms with Crippen LogP contribution in [0.5, 0.6) is 0 Å². The van der Waals surface area contributed by atoms with Crippen LogP contribution in [0.1, 0.15) is 35.7 Å². The first-order valence-corrected chi connectivity index (χ1v) is 6.18. The van der Waals surface area contributed by atoms with Crippen molar-refractivity contribution in [3.05, 3.63) is 41.2 Å². The normalized spacial score (nSPS) is 12.7. The molecule has 0 aromatic carbocycles. The van der Waals surface area contributed by atoms with E-state index in [9.17, 15) is 0 Å². The van der Waals surface area contributed by atoms with Gasteiger partial charge in [0.1, 0.15) is 12.2 Å². The van der Waals surface area contributed by atoms with Crippen LogP contribution in [-0.2, 0) is 13.0 Å². The van der Waals surface area contributed by atoms with E-state index in [0.717, 1.165) is 29.3 Å². The molecule has 2 rings (SSSR count). The lowest BCUT2D eigenvalue weighted by atomic mass is 10.0. The van der Waals surface area contributed by atoms with Crippen molar-refractivity contribution < 1.29 is 0 Å². The van der Waals surface area contributed by atoms with E-state index in [1.807, 2.05) is 31.5 Å². The van der Waals surface area contributed by atoms with Gasteiger partial charge in [0, 0.05) is 30.4 Å². The quantitative estimate of drug-likeness (QED) is 0.887. The average Bonchev–Trinajstić information content (AvgIpc) is 2.76. The van der Waals surface area contributed by atoms with Gasteiger partial charge in [0.2, 0.25) is 0 Å². The highest BCUT2D eigenvalue weighted by Gasteiger charge is 2.14. The van der Waals surface area contributed by atoms with E-state index in [2.05, 4.69) is 21.1 Å². The zero-order valence-electron chi connectivity index (χ0n) is 11.1. The Morgan fingerprint density at radius 3 is 2.78 bits per heavy atom. The van der Waals surface area contributed by atoms with Crippen LogP contribution in [0.4, 0.5) is 0 Å². The van der Waals surface area contributed by atoms with Crippen molar-refractivity contribution in [1.29, 1.82) is 0 Å². The topological polar surface area (TPSA) is 69.6 Å². The van der Waals surface area contributed by atoms with Gasteiger partial charge in [-0.3, -0.25) is 9.67 Å². The van der Waals surface area contributed by atoms with Crippen LogP contribution >= 0.6 is 0 Å². The molecule has 0 aliphatic rings. The van der Waals surface area contributed by atoms with Crippen LogP contribution in [0.15, 0.2) is 18.5 Å². The maximum atomic E-state index is 6.24. The molecular weight excluding hydrogens is 226 g/mol. The minimum absolute atomic E-state index is 0.0902. The van der Waals surface area contributed by atoms with Gasteiger partial charge in [-0.25, -0.2) is 4.98 Å². The summed E-state index contributed by atoms with van der Waals surface area (Å²) in [6.45, 7) is 6.83. The molecule has 2 aromatic heterocycles. The van der Waals surface area contributed by atoms with Crippen LogP contribution in [-0.4, -0.2) is 19.7 Å². The van der Waals surface area contributed by atoms with Gasteiger partial charge < -0.3 is 5.73 Å². The molecule has 2 heterocycles. The fourth-order valence-corrected chi connectivity index (χ4v) is 2.11. The summed E-state index contributed by atoms with van der Waals surface area (Å²) in [7, 11) is 0. The second-order valence-corrected chi connectivity index (χ2v) is 4.43. The lowest BCUT2D eigenvalue weighted by Gasteiger charge is -2.14. The lowest BCUT2D eigenvalue weighted by molar-refractivity contribution is 0.579. The first-order chi connectivity index (χ1) is 8.61. The molecule has 0 amide bonds. The van der Waals surface area contributed by atoms with Gasteiger partial charge in [0.15, 0.2) is 0 Å². The van der Waals surface area contributed by atoms with E-state index in [4.69, 9.17) is 5.73 Å². The Labute approximate surface area is 107 Å². The molecule has 18 heavy (non-hydrogen) atoms. The Bertz CT molecular complexity index is 532. The highest BCUT2D eigenvalue weighted by molar-refractivity contribution is 5.25. The van der Waals surface area contributed by atoms with Crippen LogP contribution in [0, 0.1) is 13.8 Å². The van der Waals surface area contributed by atoms with Crippen LogP contribution < -0.4 is 5.73 Å². The molecule has 96 valence electrons. The van der Waals surface area contributed by atoms with Crippen molar-refractivity contribution in [3.8, 4) is 0 Å². The largest absolute Gasteiger partial charge is 0.324 e. The van der Waals surface area contributed by atoms with Crippen molar-refractivity contribution >= 4 is 0 Å². The third-order valence-electron chi connectivity index (χ3n) is 3.06. The first kappa shape index (κ1) is 12.7. The zero-order chi connectivity index (χ0) is 13.1. The summed E-state index contributed by atoms with van der Waals surface area (Å²) in [5.74, 6) is 0.921. The monoisotopic (exact) mass is 245 g/mol. The van der Waals surface area contributed by atoms with Gasteiger partial charge in [-0.1, -0.05) is 6.07 Å². The predicted octanol–water partition coefficient (Wildman–Crippen LogP) is 1.55. The summed E-state index contributed by atoms with van der Waals surface area (Å²) in [5.41, 5.74) is 9.32. The lowest BCUT2D eigenvalue weighted by Crippen LogP contribution is -2.18. The molecule has 5 heteroatoms. The third kappa shape index (κ3) is 2.56. The number of nitrogens with two attached hydrogens (primary N) is 1. The molecule has 1 atom stereocenters.